The third-order valence-corrected chi connectivity index (χ3v) is 7.89. The van der Waals surface area contributed by atoms with E-state index < -0.39 is 10.0 Å². The maximum Gasteiger partial charge on any atom is 0.264 e. The normalized spacial score (nSPS) is 14.1. The molecule has 7 nitrogen and oxygen atoms in total. The molecule has 0 unspecified atom stereocenters. The Labute approximate surface area is 201 Å². The van der Waals surface area contributed by atoms with E-state index in [1.807, 2.05) is 6.07 Å². The maximum atomic E-state index is 13.2. The first-order valence-corrected chi connectivity index (χ1v) is 12.6. The van der Waals surface area contributed by atoms with E-state index in [-0.39, 0.29) is 10.8 Å². The summed E-state index contributed by atoms with van der Waals surface area (Å²) in [6.07, 6.45) is 0. The van der Waals surface area contributed by atoms with Crippen LogP contribution < -0.4 is 13.9 Å². The summed E-state index contributed by atoms with van der Waals surface area (Å²) in [5, 5.41) is 0. The molecule has 0 aromatic heterocycles. The third kappa shape index (κ3) is 4.87. The average molecular weight is 480 g/mol. The Morgan fingerprint density at radius 2 is 1.59 bits per heavy atom. The van der Waals surface area contributed by atoms with E-state index in [1.54, 1.807) is 48.4 Å². The van der Waals surface area contributed by atoms with Crippen LogP contribution in [0.2, 0.25) is 0 Å². The van der Waals surface area contributed by atoms with Gasteiger partial charge in [0.2, 0.25) is 0 Å². The Kier molecular flexibility index (Phi) is 6.79. The highest BCUT2D eigenvalue weighted by molar-refractivity contribution is 7.92. The number of ether oxygens (including phenoxy) is 1. The number of hydrogen-bond acceptors (Lipinski definition) is 5. The van der Waals surface area contributed by atoms with Crippen molar-refractivity contribution in [3.63, 3.8) is 0 Å². The Hall–Kier alpha value is -3.52. The number of benzene rings is 3. The fraction of sp³-hybridized carbons (Fsp3) is 0.269. The quantitative estimate of drug-likeness (QED) is 0.538. The number of hydrogen-bond donors (Lipinski definition) is 0. The number of anilines is 2. The van der Waals surface area contributed by atoms with Crippen LogP contribution in [0.15, 0.2) is 77.7 Å². The van der Waals surface area contributed by atoms with E-state index in [4.69, 9.17) is 4.74 Å². The number of aryl methyl sites for hydroxylation is 1. The van der Waals surface area contributed by atoms with Crippen molar-refractivity contribution in [3.8, 4) is 5.75 Å². The molecular formula is C26H29N3O4S. The van der Waals surface area contributed by atoms with Gasteiger partial charge in [0.25, 0.3) is 15.9 Å². The van der Waals surface area contributed by atoms with Crippen molar-refractivity contribution < 1.29 is 17.9 Å². The van der Waals surface area contributed by atoms with Crippen LogP contribution in [0.1, 0.15) is 15.9 Å². The lowest BCUT2D eigenvalue weighted by Crippen LogP contribution is -2.48. The van der Waals surface area contributed by atoms with Crippen LogP contribution in [0.25, 0.3) is 0 Å². The van der Waals surface area contributed by atoms with Gasteiger partial charge in [0, 0.05) is 44.5 Å². The lowest BCUT2D eigenvalue weighted by atomic mass is 10.1. The van der Waals surface area contributed by atoms with E-state index in [2.05, 4.69) is 30.0 Å². The van der Waals surface area contributed by atoms with Crippen LogP contribution in [0, 0.1) is 6.92 Å². The van der Waals surface area contributed by atoms with Crippen LogP contribution in [-0.2, 0) is 10.0 Å². The molecule has 0 bridgehead atoms. The zero-order valence-corrected chi connectivity index (χ0v) is 20.5. The van der Waals surface area contributed by atoms with E-state index in [0.29, 0.717) is 30.1 Å². The molecule has 0 saturated carbocycles. The summed E-state index contributed by atoms with van der Waals surface area (Å²) >= 11 is 0. The maximum absolute atomic E-state index is 13.2. The summed E-state index contributed by atoms with van der Waals surface area (Å²) < 4.78 is 32.8. The summed E-state index contributed by atoms with van der Waals surface area (Å²) in [5.74, 6) is 0.484. The standard InChI is InChI=1S/C26H29N3O4S/c1-20-6-4-8-23(18-20)28-14-16-29(17-15-28)26(30)21-7-5-9-25(19-21)34(31,32)27(2)22-10-12-24(33-3)13-11-22/h4-13,18-19H,14-17H2,1-3H3. The number of rotatable bonds is 6. The molecule has 1 aliphatic heterocycles. The van der Waals surface area contributed by atoms with Gasteiger partial charge in [-0.25, -0.2) is 8.42 Å². The van der Waals surface area contributed by atoms with Crippen LogP contribution in [0.3, 0.4) is 0 Å². The van der Waals surface area contributed by atoms with Crippen LogP contribution in [0.4, 0.5) is 11.4 Å². The largest absolute Gasteiger partial charge is 0.497 e. The highest BCUT2D eigenvalue weighted by Gasteiger charge is 2.26. The second-order valence-electron chi connectivity index (χ2n) is 8.32. The van der Waals surface area contributed by atoms with Crippen molar-refractivity contribution in [1.82, 2.24) is 4.90 Å². The number of piperazine rings is 1. The van der Waals surface area contributed by atoms with Gasteiger partial charge in [-0.3, -0.25) is 9.10 Å². The third-order valence-electron chi connectivity index (χ3n) is 6.11. The SMILES string of the molecule is COc1ccc(N(C)S(=O)(=O)c2cccc(C(=O)N3CCN(c4cccc(C)c4)CC3)c2)cc1. The van der Waals surface area contributed by atoms with Crippen LogP contribution in [-0.4, -0.2) is 59.6 Å². The van der Waals surface area contributed by atoms with E-state index in [0.717, 1.165) is 18.8 Å². The zero-order valence-electron chi connectivity index (χ0n) is 19.6. The molecule has 0 aliphatic carbocycles. The molecule has 0 atom stereocenters. The zero-order chi connectivity index (χ0) is 24.3. The fourth-order valence-electron chi connectivity index (χ4n) is 4.05. The minimum Gasteiger partial charge on any atom is -0.497 e. The molecular weight excluding hydrogens is 450 g/mol. The van der Waals surface area contributed by atoms with Crippen molar-refractivity contribution in [2.45, 2.75) is 11.8 Å². The molecule has 8 heteroatoms. The first-order chi connectivity index (χ1) is 16.3. The predicted molar refractivity (Wildman–Crippen MR) is 134 cm³/mol. The van der Waals surface area contributed by atoms with Crippen molar-refractivity contribution >= 4 is 27.3 Å². The molecule has 4 rings (SSSR count). The van der Waals surface area contributed by atoms with E-state index in [9.17, 15) is 13.2 Å². The predicted octanol–water partition coefficient (Wildman–Crippen LogP) is 3.79. The molecule has 1 aliphatic rings. The number of nitrogens with zero attached hydrogens (tertiary/aromatic N) is 3. The lowest BCUT2D eigenvalue weighted by Gasteiger charge is -2.36. The van der Waals surface area contributed by atoms with Gasteiger partial charge in [-0.2, -0.15) is 0 Å². The highest BCUT2D eigenvalue weighted by atomic mass is 32.2. The van der Waals surface area contributed by atoms with Crippen molar-refractivity contribution in [3.05, 3.63) is 83.9 Å². The summed E-state index contributed by atoms with van der Waals surface area (Å²) in [7, 11) is -0.782. The van der Waals surface area contributed by atoms with Gasteiger partial charge < -0.3 is 14.5 Å². The second kappa shape index (κ2) is 9.77. The number of amides is 1. The Balaban J connectivity index is 1.48. The van der Waals surface area contributed by atoms with Gasteiger partial charge >= 0.3 is 0 Å². The molecule has 0 radical (unpaired) electrons. The van der Waals surface area contributed by atoms with Crippen LogP contribution >= 0.6 is 0 Å². The van der Waals surface area contributed by atoms with Crippen LogP contribution in [0.5, 0.6) is 5.75 Å². The van der Waals surface area contributed by atoms with Gasteiger partial charge in [0.1, 0.15) is 5.75 Å². The van der Waals surface area contributed by atoms with Crippen molar-refractivity contribution in [2.24, 2.45) is 0 Å². The first kappa shape index (κ1) is 23.6. The van der Waals surface area contributed by atoms with E-state index in [1.165, 1.54) is 29.0 Å². The number of carbonyl (C=O) groups excluding carboxylic acids is 1. The topological polar surface area (TPSA) is 70.2 Å². The Bertz CT molecular complexity index is 1270. The van der Waals surface area contributed by atoms with Crippen molar-refractivity contribution in [2.75, 3.05) is 49.5 Å². The average Bonchev–Trinajstić information content (AvgIpc) is 2.88. The molecule has 34 heavy (non-hydrogen) atoms. The highest BCUT2D eigenvalue weighted by Crippen LogP contribution is 2.25. The second-order valence-corrected chi connectivity index (χ2v) is 10.3. The molecule has 3 aromatic rings. The Morgan fingerprint density at radius 1 is 0.912 bits per heavy atom. The molecule has 0 spiro atoms. The number of methoxy groups -OCH3 is 1. The number of sulfonamides is 1. The summed E-state index contributed by atoms with van der Waals surface area (Å²) in [5.41, 5.74) is 3.23. The van der Waals surface area contributed by atoms with Gasteiger partial charge in [0.05, 0.1) is 17.7 Å². The first-order valence-electron chi connectivity index (χ1n) is 11.1. The number of carbonyl (C=O) groups is 1. The molecule has 1 saturated heterocycles. The monoisotopic (exact) mass is 479 g/mol. The molecule has 3 aromatic carbocycles. The fourth-order valence-corrected chi connectivity index (χ4v) is 5.30. The summed E-state index contributed by atoms with van der Waals surface area (Å²) in [4.78, 5) is 17.3. The minimum absolute atomic E-state index is 0.0788. The lowest BCUT2D eigenvalue weighted by molar-refractivity contribution is 0.0746. The molecule has 178 valence electrons. The van der Waals surface area contributed by atoms with Gasteiger partial charge in [-0.15, -0.1) is 0 Å². The molecule has 1 amide bonds. The Morgan fingerprint density at radius 3 is 2.24 bits per heavy atom. The summed E-state index contributed by atoms with van der Waals surface area (Å²) in [6.45, 7) is 4.68. The molecule has 1 fully saturated rings. The minimum atomic E-state index is -3.83. The smallest absolute Gasteiger partial charge is 0.264 e. The van der Waals surface area contributed by atoms with E-state index >= 15 is 0 Å². The van der Waals surface area contributed by atoms with Gasteiger partial charge in [0.15, 0.2) is 0 Å². The van der Waals surface area contributed by atoms with Gasteiger partial charge in [-0.1, -0.05) is 18.2 Å². The van der Waals surface area contributed by atoms with Gasteiger partial charge in [-0.05, 0) is 67.1 Å². The molecule has 1 heterocycles. The summed E-state index contributed by atoms with van der Waals surface area (Å²) in [6, 6.07) is 21.4. The molecule has 0 N–H and O–H groups in total. The van der Waals surface area contributed by atoms with Crippen molar-refractivity contribution in [1.29, 1.82) is 0 Å².